The second-order valence-electron chi connectivity index (χ2n) is 5.28. The number of carbonyl (C=O) groups excluding carboxylic acids is 2. The van der Waals surface area contributed by atoms with Gasteiger partial charge >= 0.3 is 12.1 Å². The van der Waals surface area contributed by atoms with Gasteiger partial charge in [-0.25, -0.2) is 4.79 Å². The van der Waals surface area contributed by atoms with Crippen LogP contribution in [0.2, 0.25) is 0 Å². The lowest BCUT2D eigenvalue weighted by Crippen LogP contribution is -2.34. The Balaban J connectivity index is 3.60. The lowest BCUT2D eigenvalue weighted by Gasteiger charge is -2.19. The Morgan fingerprint density at radius 2 is 1.89 bits per heavy atom. The first-order valence-corrected chi connectivity index (χ1v) is 6.65. The Hall–Kier alpha value is -1.30. The molecule has 1 atom stereocenters. The SMILES string of the molecule is CCOC(=O)[C@@H](N)CCCCNC(=O)OC(C)(C)C. The van der Waals surface area contributed by atoms with E-state index < -0.39 is 17.7 Å². The third-order valence-corrected chi connectivity index (χ3v) is 2.20. The smallest absolute Gasteiger partial charge is 0.407 e. The first-order chi connectivity index (χ1) is 8.76. The van der Waals surface area contributed by atoms with Crippen molar-refractivity contribution in [3.63, 3.8) is 0 Å². The zero-order valence-corrected chi connectivity index (χ0v) is 12.3. The van der Waals surface area contributed by atoms with Crippen molar-refractivity contribution < 1.29 is 19.1 Å². The maximum Gasteiger partial charge on any atom is 0.407 e. The Labute approximate surface area is 115 Å². The number of nitrogens with two attached hydrogens (primary N) is 1. The molecule has 6 heteroatoms. The van der Waals surface area contributed by atoms with Gasteiger partial charge in [0, 0.05) is 6.54 Å². The highest BCUT2D eigenvalue weighted by Crippen LogP contribution is 2.06. The summed E-state index contributed by atoms with van der Waals surface area (Å²) >= 11 is 0. The van der Waals surface area contributed by atoms with Crippen LogP contribution in [-0.4, -0.2) is 36.9 Å². The summed E-state index contributed by atoms with van der Waals surface area (Å²) in [6, 6.07) is -0.582. The van der Waals surface area contributed by atoms with Crippen LogP contribution in [0.4, 0.5) is 4.79 Å². The van der Waals surface area contributed by atoms with Gasteiger partial charge in [0.1, 0.15) is 11.6 Å². The van der Waals surface area contributed by atoms with E-state index in [2.05, 4.69) is 5.32 Å². The molecular formula is C13H26N2O4. The number of unbranched alkanes of at least 4 members (excludes halogenated alkanes) is 1. The predicted molar refractivity (Wildman–Crippen MR) is 72.7 cm³/mol. The summed E-state index contributed by atoms with van der Waals surface area (Å²) in [5.41, 5.74) is 5.15. The van der Waals surface area contributed by atoms with Crippen LogP contribution in [0.15, 0.2) is 0 Å². The average molecular weight is 274 g/mol. The number of amides is 1. The molecule has 0 saturated heterocycles. The number of rotatable bonds is 7. The van der Waals surface area contributed by atoms with E-state index in [-0.39, 0.29) is 5.97 Å². The van der Waals surface area contributed by atoms with E-state index in [4.69, 9.17) is 15.2 Å². The molecule has 0 aliphatic rings. The van der Waals surface area contributed by atoms with E-state index in [0.717, 1.165) is 12.8 Å². The zero-order valence-electron chi connectivity index (χ0n) is 12.3. The molecule has 0 heterocycles. The maximum atomic E-state index is 11.3. The van der Waals surface area contributed by atoms with Crippen molar-refractivity contribution in [1.82, 2.24) is 5.32 Å². The van der Waals surface area contributed by atoms with Crippen molar-refractivity contribution in [2.75, 3.05) is 13.2 Å². The van der Waals surface area contributed by atoms with Gasteiger partial charge in [-0.1, -0.05) is 0 Å². The normalized spacial score (nSPS) is 12.7. The quantitative estimate of drug-likeness (QED) is 0.543. The highest BCUT2D eigenvalue weighted by Gasteiger charge is 2.16. The molecule has 3 N–H and O–H groups in total. The van der Waals surface area contributed by atoms with Crippen molar-refractivity contribution in [3.05, 3.63) is 0 Å². The molecule has 0 aliphatic heterocycles. The molecule has 0 aromatic heterocycles. The summed E-state index contributed by atoms with van der Waals surface area (Å²) in [7, 11) is 0. The van der Waals surface area contributed by atoms with Crippen molar-refractivity contribution in [2.24, 2.45) is 5.73 Å². The van der Waals surface area contributed by atoms with E-state index in [1.54, 1.807) is 6.92 Å². The van der Waals surface area contributed by atoms with Crippen LogP contribution in [-0.2, 0) is 14.3 Å². The molecule has 0 bridgehead atoms. The monoisotopic (exact) mass is 274 g/mol. The third-order valence-electron chi connectivity index (χ3n) is 2.20. The molecular weight excluding hydrogens is 248 g/mol. The van der Waals surface area contributed by atoms with E-state index >= 15 is 0 Å². The average Bonchev–Trinajstić information content (AvgIpc) is 2.26. The van der Waals surface area contributed by atoms with E-state index in [1.165, 1.54) is 0 Å². The minimum Gasteiger partial charge on any atom is -0.465 e. The van der Waals surface area contributed by atoms with Gasteiger partial charge in [-0.15, -0.1) is 0 Å². The lowest BCUT2D eigenvalue weighted by molar-refractivity contribution is -0.144. The first-order valence-electron chi connectivity index (χ1n) is 6.65. The summed E-state index contributed by atoms with van der Waals surface area (Å²) in [6.07, 6.45) is 1.61. The largest absolute Gasteiger partial charge is 0.465 e. The minimum absolute atomic E-state index is 0.340. The fourth-order valence-electron chi connectivity index (χ4n) is 1.36. The van der Waals surface area contributed by atoms with E-state index in [0.29, 0.717) is 19.6 Å². The van der Waals surface area contributed by atoms with Crippen molar-refractivity contribution in [2.45, 2.75) is 58.6 Å². The number of hydrogen-bond acceptors (Lipinski definition) is 5. The van der Waals surface area contributed by atoms with Crippen LogP contribution in [0.25, 0.3) is 0 Å². The van der Waals surface area contributed by atoms with E-state index in [1.807, 2.05) is 20.8 Å². The van der Waals surface area contributed by atoms with Crippen LogP contribution in [0.1, 0.15) is 47.0 Å². The Morgan fingerprint density at radius 3 is 2.42 bits per heavy atom. The maximum absolute atomic E-state index is 11.3. The first kappa shape index (κ1) is 17.7. The molecule has 0 aliphatic carbocycles. The minimum atomic E-state index is -0.582. The number of hydrogen-bond donors (Lipinski definition) is 2. The molecule has 0 rings (SSSR count). The molecule has 1 amide bonds. The number of nitrogens with one attached hydrogen (secondary N) is 1. The summed E-state index contributed by atoms with van der Waals surface area (Å²) in [5, 5.41) is 2.65. The van der Waals surface area contributed by atoms with Gasteiger partial charge in [0.05, 0.1) is 6.61 Å². The highest BCUT2D eigenvalue weighted by molar-refractivity contribution is 5.75. The lowest BCUT2D eigenvalue weighted by atomic mass is 10.1. The molecule has 0 aromatic rings. The number of alkyl carbamates (subject to hydrolysis) is 1. The van der Waals surface area contributed by atoms with Gasteiger partial charge in [0.15, 0.2) is 0 Å². The molecule has 0 aromatic carbocycles. The fourth-order valence-corrected chi connectivity index (χ4v) is 1.36. The topological polar surface area (TPSA) is 90.6 Å². The standard InChI is InChI=1S/C13H26N2O4/c1-5-18-11(16)10(14)8-6-7-9-15-12(17)19-13(2,3)4/h10H,5-9,14H2,1-4H3,(H,15,17)/t10-/m0/s1. The molecule has 112 valence electrons. The van der Waals surface area contributed by atoms with Crippen molar-refractivity contribution in [1.29, 1.82) is 0 Å². The molecule has 0 saturated carbocycles. The summed E-state index contributed by atoms with van der Waals surface area (Å²) in [4.78, 5) is 22.6. The van der Waals surface area contributed by atoms with Gasteiger partial charge in [-0.05, 0) is 47.0 Å². The third kappa shape index (κ3) is 10.3. The number of carbonyl (C=O) groups is 2. The highest BCUT2D eigenvalue weighted by atomic mass is 16.6. The fraction of sp³-hybridized carbons (Fsp3) is 0.846. The predicted octanol–water partition coefficient (Wildman–Crippen LogP) is 1.57. The number of esters is 1. The van der Waals surface area contributed by atoms with Crippen LogP contribution in [0, 0.1) is 0 Å². The van der Waals surface area contributed by atoms with Gasteiger partial charge in [-0.3, -0.25) is 4.79 Å². The van der Waals surface area contributed by atoms with Crippen LogP contribution < -0.4 is 11.1 Å². The van der Waals surface area contributed by atoms with Gasteiger partial charge in [-0.2, -0.15) is 0 Å². The summed E-state index contributed by atoms with van der Waals surface area (Å²) in [6.45, 7) is 8.02. The zero-order chi connectivity index (χ0) is 14.9. The van der Waals surface area contributed by atoms with Crippen molar-refractivity contribution in [3.8, 4) is 0 Å². The Bertz CT molecular complexity index is 287. The molecule has 6 nitrogen and oxygen atoms in total. The second-order valence-corrected chi connectivity index (χ2v) is 5.28. The Morgan fingerprint density at radius 1 is 1.26 bits per heavy atom. The molecule has 0 radical (unpaired) electrons. The molecule has 0 fully saturated rings. The Kier molecular flexibility index (Phi) is 8.14. The number of ether oxygens (including phenoxy) is 2. The van der Waals surface area contributed by atoms with Gasteiger partial charge < -0.3 is 20.5 Å². The summed E-state index contributed by atoms with van der Waals surface area (Å²) in [5.74, 6) is -0.373. The molecule has 0 unspecified atom stereocenters. The van der Waals surface area contributed by atoms with Crippen LogP contribution in [0.3, 0.4) is 0 Å². The van der Waals surface area contributed by atoms with Crippen LogP contribution in [0.5, 0.6) is 0 Å². The van der Waals surface area contributed by atoms with Gasteiger partial charge in [0.25, 0.3) is 0 Å². The van der Waals surface area contributed by atoms with Crippen molar-refractivity contribution >= 4 is 12.1 Å². The molecule has 0 spiro atoms. The second kappa shape index (κ2) is 8.74. The van der Waals surface area contributed by atoms with Crippen LogP contribution >= 0.6 is 0 Å². The summed E-state index contributed by atoms with van der Waals surface area (Å²) < 4.78 is 9.89. The molecule has 19 heavy (non-hydrogen) atoms. The van der Waals surface area contributed by atoms with Gasteiger partial charge in [0.2, 0.25) is 0 Å². The van der Waals surface area contributed by atoms with E-state index in [9.17, 15) is 9.59 Å².